The molecule has 1 aromatic heterocycles. The molecule has 0 aliphatic rings. The molecule has 3 aromatic rings. The summed E-state index contributed by atoms with van der Waals surface area (Å²) in [5.41, 5.74) is 0.637. The van der Waals surface area contributed by atoms with Crippen molar-refractivity contribution in [2.45, 2.75) is 0 Å². The summed E-state index contributed by atoms with van der Waals surface area (Å²) in [4.78, 5) is 12.6. The maximum atomic E-state index is 12.0. The maximum absolute atomic E-state index is 12.0. The van der Waals surface area contributed by atoms with E-state index in [1.807, 2.05) is 24.3 Å². The second kappa shape index (κ2) is 7.63. The normalized spacial score (nSPS) is 9.71. The van der Waals surface area contributed by atoms with Crippen molar-refractivity contribution in [1.82, 2.24) is 9.94 Å². The number of nitrogens with zero attached hydrogens (tertiary/aromatic N) is 2. The summed E-state index contributed by atoms with van der Waals surface area (Å²) in [6, 6.07) is 12.1. The molecule has 3 rings (SSSR count). The van der Waals surface area contributed by atoms with Crippen LogP contribution in [0.3, 0.4) is 0 Å². The number of ether oxygens (including phenoxy) is 1. The largest absolute Gasteiger partial charge is 0.496 e. The summed E-state index contributed by atoms with van der Waals surface area (Å²) in [5, 5.41) is 25.4. The highest BCUT2D eigenvalue weighted by atomic mass is 16.5. The Morgan fingerprint density at radius 3 is 2.50 bits per heavy atom. The van der Waals surface area contributed by atoms with Crippen molar-refractivity contribution in [3.8, 4) is 5.75 Å². The number of hydrogen-bond donors (Lipinski definition) is 4. The standard InChI is InChI=1S/C15H14N4O3.CH3N/c1-22-13-7-6-12(10-4-2-3-5-11(10)13)17-15(20)18-14-8-9-16-19(14)21;1-2/h2-9,21H,1H3,(H2,17,18,20);2H,1H2. The molecule has 0 unspecified atom stereocenters. The monoisotopic (exact) mass is 327 g/mol. The number of amides is 2. The molecule has 0 atom stereocenters. The van der Waals surface area contributed by atoms with Gasteiger partial charge in [-0.3, -0.25) is 5.32 Å². The van der Waals surface area contributed by atoms with Crippen molar-refractivity contribution in [3.63, 3.8) is 0 Å². The quantitative estimate of drug-likeness (QED) is 0.437. The van der Waals surface area contributed by atoms with Crippen LogP contribution < -0.4 is 15.4 Å². The first-order valence-electron chi connectivity index (χ1n) is 6.91. The molecule has 0 spiro atoms. The summed E-state index contributed by atoms with van der Waals surface area (Å²) >= 11 is 0. The van der Waals surface area contributed by atoms with Crippen LogP contribution in [-0.4, -0.2) is 35.0 Å². The first-order valence-corrected chi connectivity index (χ1v) is 6.91. The van der Waals surface area contributed by atoms with Gasteiger partial charge in [-0.15, -0.1) is 5.10 Å². The van der Waals surface area contributed by atoms with Gasteiger partial charge in [0, 0.05) is 16.8 Å². The molecule has 0 bridgehead atoms. The number of urea groups is 1. The van der Waals surface area contributed by atoms with E-state index < -0.39 is 6.03 Å². The Bertz CT molecular complexity index is 847. The fourth-order valence-electron chi connectivity index (χ4n) is 2.22. The van der Waals surface area contributed by atoms with Gasteiger partial charge in [-0.1, -0.05) is 29.1 Å². The van der Waals surface area contributed by atoms with Gasteiger partial charge in [0.15, 0.2) is 5.82 Å². The van der Waals surface area contributed by atoms with E-state index in [0.717, 1.165) is 16.5 Å². The minimum atomic E-state index is -0.480. The number of anilines is 2. The van der Waals surface area contributed by atoms with Gasteiger partial charge in [-0.2, -0.15) is 0 Å². The maximum Gasteiger partial charge on any atom is 0.324 e. The third-order valence-corrected chi connectivity index (χ3v) is 3.22. The van der Waals surface area contributed by atoms with E-state index in [1.54, 1.807) is 19.2 Å². The van der Waals surface area contributed by atoms with Crippen molar-refractivity contribution >= 4 is 35.0 Å². The average Bonchev–Trinajstić information content (AvgIpc) is 3.02. The fourth-order valence-corrected chi connectivity index (χ4v) is 2.22. The molecule has 124 valence electrons. The third-order valence-electron chi connectivity index (χ3n) is 3.22. The number of nitrogens with one attached hydrogen (secondary N) is 3. The number of benzene rings is 2. The first kappa shape index (κ1) is 16.8. The van der Waals surface area contributed by atoms with Crippen molar-refractivity contribution < 1.29 is 14.7 Å². The van der Waals surface area contributed by atoms with Crippen LogP contribution in [0.5, 0.6) is 5.75 Å². The molecule has 0 aliphatic heterocycles. The van der Waals surface area contributed by atoms with Crippen LogP contribution in [-0.2, 0) is 0 Å². The second-order valence-electron chi connectivity index (χ2n) is 4.55. The predicted octanol–water partition coefficient (Wildman–Crippen LogP) is 3.19. The van der Waals surface area contributed by atoms with Crippen molar-refractivity contribution in [2.24, 2.45) is 0 Å². The summed E-state index contributed by atoms with van der Waals surface area (Å²) < 4.78 is 5.32. The SMILES string of the molecule is C=N.COc1ccc(NC(=O)Nc2ccnn2O)c2ccccc12. The van der Waals surface area contributed by atoms with E-state index in [9.17, 15) is 10.0 Å². The molecule has 0 saturated heterocycles. The predicted molar refractivity (Wildman–Crippen MR) is 92.4 cm³/mol. The fraction of sp³-hybridized carbons (Fsp3) is 0.0625. The molecule has 8 heteroatoms. The number of rotatable bonds is 3. The molecule has 0 fully saturated rings. The lowest BCUT2D eigenvalue weighted by Gasteiger charge is -2.12. The molecular formula is C16H17N5O3. The summed E-state index contributed by atoms with van der Waals surface area (Å²) in [5.74, 6) is 0.908. The zero-order chi connectivity index (χ0) is 17.5. The summed E-state index contributed by atoms with van der Waals surface area (Å²) in [7, 11) is 1.60. The highest BCUT2D eigenvalue weighted by Crippen LogP contribution is 2.31. The van der Waals surface area contributed by atoms with E-state index in [1.165, 1.54) is 12.3 Å². The van der Waals surface area contributed by atoms with Crippen LogP contribution in [0.25, 0.3) is 10.8 Å². The molecule has 4 N–H and O–H groups in total. The van der Waals surface area contributed by atoms with Gasteiger partial charge in [-0.05, 0) is 18.9 Å². The zero-order valence-electron chi connectivity index (χ0n) is 13.0. The van der Waals surface area contributed by atoms with Crippen LogP contribution in [0.15, 0.2) is 48.7 Å². The van der Waals surface area contributed by atoms with E-state index >= 15 is 0 Å². The number of carbonyl (C=O) groups excluding carboxylic acids is 1. The summed E-state index contributed by atoms with van der Waals surface area (Å²) in [6.07, 6.45) is 1.37. The number of carbonyl (C=O) groups is 1. The van der Waals surface area contributed by atoms with Crippen LogP contribution in [0.1, 0.15) is 0 Å². The van der Waals surface area contributed by atoms with E-state index in [-0.39, 0.29) is 5.82 Å². The minimum absolute atomic E-state index is 0.176. The van der Waals surface area contributed by atoms with Gasteiger partial charge in [0.25, 0.3) is 0 Å². The molecule has 24 heavy (non-hydrogen) atoms. The van der Waals surface area contributed by atoms with Gasteiger partial charge in [-0.25, -0.2) is 4.79 Å². The van der Waals surface area contributed by atoms with E-state index in [2.05, 4.69) is 22.4 Å². The molecule has 0 aliphatic carbocycles. The Balaban J connectivity index is 0.00000100. The molecular weight excluding hydrogens is 310 g/mol. The Kier molecular flexibility index (Phi) is 5.35. The van der Waals surface area contributed by atoms with E-state index in [4.69, 9.17) is 10.1 Å². The molecule has 2 amide bonds. The summed E-state index contributed by atoms with van der Waals surface area (Å²) in [6.45, 7) is 2.50. The second-order valence-corrected chi connectivity index (χ2v) is 4.55. The van der Waals surface area contributed by atoms with Gasteiger partial charge in [0.05, 0.1) is 19.0 Å². The van der Waals surface area contributed by atoms with Gasteiger partial charge in [0.2, 0.25) is 0 Å². The van der Waals surface area contributed by atoms with E-state index in [0.29, 0.717) is 10.5 Å². The van der Waals surface area contributed by atoms with Gasteiger partial charge < -0.3 is 20.7 Å². The highest BCUT2D eigenvalue weighted by Gasteiger charge is 2.10. The Morgan fingerprint density at radius 1 is 1.17 bits per heavy atom. The Labute approximate surface area is 138 Å². The van der Waals surface area contributed by atoms with Gasteiger partial charge >= 0.3 is 6.03 Å². The van der Waals surface area contributed by atoms with Gasteiger partial charge in [0.1, 0.15) is 5.75 Å². The molecule has 8 nitrogen and oxygen atoms in total. The third kappa shape index (κ3) is 3.43. The highest BCUT2D eigenvalue weighted by molar-refractivity contribution is 6.07. The molecule has 0 saturated carbocycles. The average molecular weight is 327 g/mol. The van der Waals surface area contributed by atoms with Crippen molar-refractivity contribution in [2.75, 3.05) is 17.7 Å². The zero-order valence-corrected chi connectivity index (χ0v) is 13.0. The number of methoxy groups -OCH3 is 1. The first-order chi connectivity index (χ1) is 11.7. The van der Waals surface area contributed by atoms with Crippen LogP contribution in [0, 0.1) is 5.41 Å². The number of aromatic nitrogens is 2. The Hall–Kier alpha value is -3.55. The smallest absolute Gasteiger partial charge is 0.324 e. The van der Waals surface area contributed by atoms with Crippen LogP contribution in [0.2, 0.25) is 0 Å². The lowest BCUT2D eigenvalue weighted by atomic mass is 10.1. The number of hydrogen-bond acceptors (Lipinski definition) is 5. The topological polar surface area (TPSA) is 112 Å². The van der Waals surface area contributed by atoms with Crippen LogP contribution in [0.4, 0.5) is 16.3 Å². The van der Waals surface area contributed by atoms with Crippen molar-refractivity contribution in [3.05, 3.63) is 48.7 Å². The lowest BCUT2D eigenvalue weighted by molar-refractivity contribution is 0.154. The lowest BCUT2D eigenvalue weighted by Crippen LogP contribution is -2.21. The Morgan fingerprint density at radius 2 is 1.88 bits per heavy atom. The molecule has 0 radical (unpaired) electrons. The minimum Gasteiger partial charge on any atom is -0.496 e. The molecule has 2 aromatic carbocycles. The van der Waals surface area contributed by atoms with Crippen LogP contribution >= 0.6 is 0 Å². The number of fused-ring (bicyclic) bond motifs is 1. The molecule has 1 heterocycles. The van der Waals surface area contributed by atoms with Crippen molar-refractivity contribution in [1.29, 1.82) is 5.41 Å².